The van der Waals surface area contributed by atoms with E-state index >= 15 is 0 Å². The normalized spacial score (nSPS) is 10.9. The molecule has 2 aromatic rings. The van der Waals surface area contributed by atoms with Crippen molar-refractivity contribution in [3.8, 4) is 0 Å². The van der Waals surface area contributed by atoms with Crippen molar-refractivity contribution in [3.63, 3.8) is 0 Å². The highest BCUT2D eigenvalue weighted by Crippen LogP contribution is 2.16. The maximum atomic E-state index is 11.9. The van der Waals surface area contributed by atoms with Crippen LogP contribution in [0.15, 0.2) is 54.7 Å². The van der Waals surface area contributed by atoms with Gasteiger partial charge >= 0.3 is 0 Å². The van der Waals surface area contributed by atoms with Crippen molar-refractivity contribution < 1.29 is 4.79 Å². The van der Waals surface area contributed by atoms with E-state index in [-0.39, 0.29) is 5.78 Å². The van der Waals surface area contributed by atoms with Crippen molar-refractivity contribution in [1.29, 1.82) is 0 Å². The lowest BCUT2D eigenvalue weighted by molar-refractivity contribution is 0.104. The van der Waals surface area contributed by atoms with Crippen LogP contribution in [-0.2, 0) is 0 Å². The zero-order chi connectivity index (χ0) is 12.8. The molecule has 0 aliphatic rings. The summed E-state index contributed by atoms with van der Waals surface area (Å²) >= 11 is 0. The van der Waals surface area contributed by atoms with E-state index in [1.54, 1.807) is 12.3 Å². The van der Waals surface area contributed by atoms with Gasteiger partial charge in [-0.15, -0.1) is 0 Å². The summed E-state index contributed by atoms with van der Waals surface area (Å²) in [6.45, 7) is 2.98. The van der Waals surface area contributed by atoms with Gasteiger partial charge in [-0.05, 0) is 23.3 Å². The summed E-state index contributed by atoms with van der Waals surface area (Å²) in [5.74, 6) is 0.0318. The van der Waals surface area contributed by atoms with Crippen molar-refractivity contribution >= 4 is 16.6 Å². The second-order valence-corrected chi connectivity index (χ2v) is 4.21. The van der Waals surface area contributed by atoms with Gasteiger partial charge in [-0.1, -0.05) is 43.3 Å². The first-order valence-corrected chi connectivity index (χ1v) is 6.24. The number of ketones is 1. The Morgan fingerprint density at radius 1 is 1.17 bits per heavy atom. The molecule has 0 heterocycles. The van der Waals surface area contributed by atoms with E-state index in [1.807, 2.05) is 42.5 Å². The van der Waals surface area contributed by atoms with E-state index in [0.717, 1.165) is 29.3 Å². The van der Waals surface area contributed by atoms with E-state index in [0.29, 0.717) is 0 Å². The lowest BCUT2D eigenvalue weighted by atomic mass is 10.0. The average Bonchev–Trinajstić information content (AvgIpc) is 2.43. The molecule has 0 aliphatic carbocycles. The fourth-order valence-corrected chi connectivity index (χ4v) is 1.80. The molecule has 0 unspecified atom stereocenters. The lowest BCUT2D eigenvalue weighted by Crippen LogP contribution is -2.06. The number of hydrogen-bond donors (Lipinski definition) is 1. The second kappa shape index (κ2) is 6.01. The standard InChI is InChI=1S/C16H17NO/c1-2-10-17-11-9-16(18)15-8-7-13-5-3-4-6-14(13)12-15/h3-9,11-12,17H,2,10H2,1H3/b11-9-. The topological polar surface area (TPSA) is 29.1 Å². The molecule has 0 radical (unpaired) electrons. The molecule has 18 heavy (non-hydrogen) atoms. The van der Waals surface area contributed by atoms with E-state index in [4.69, 9.17) is 0 Å². The number of carbonyl (C=O) groups is 1. The summed E-state index contributed by atoms with van der Waals surface area (Å²) in [5, 5.41) is 5.32. The summed E-state index contributed by atoms with van der Waals surface area (Å²) in [4.78, 5) is 11.9. The fraction of sp³-hybridized carbons (Fsp3) is 0.188. The third-order valence-electron chi connectivity index (χ3n) is 2.78. The molecule has 0 aromatic heterocycles. The van der Waals surface area contributed by atoms with E-state index < -0.39 is 0 Å². The van der Waals surface area contributed by atoms with Gasteiger partial charge < -0.3 is 5.32 Å². The fourth-order valence-electron chi connectivity index (χ4n) is 1.80. The van der Waals surface area contributed by atoms with Gasteiger partial charge in [0.15, 0.2) is 5.78 Å². The van der Waals surface area contributed by atoms with Gasteiger partial charge in [0.05, 0.1) is 0 Å². The average molecular weight is 239 g/mol. The number of allylic oxidation sites excluding steroid dienone is 1. The Morgan fingerprint density at radius 2 is 1.94 bits per heavy atom. The number of benzene rings is 2. The van der Waals surface area contributed by atoms with Crippen molar-refractivity contribution in [1.82, 2.24) is 5.32 Å². The van der Waals surface area contributed by atoms with Crippen molar-refractivity contribution in [2.24, 2.45) is 0 Å². The first-order valence-electron chi connectivity index (χ1n) is 6.24. The van der Waals surface area contributed by atoms with Crippen LogP contribution in [0.2, 0.25) is 0 Å². The Bertz CT molecular complexity index is 572. The Balaban J connectivity index is 2.15. The molecule has 0 bridgehead atoms. The number of fused-ring (bicyclic) bond motifs is 1. The molecule has 0 saturated heterocycles. The van der Waals surface area contributed by atoms with Crippen LogP contribution in [-0.4, -0.2) is 12.3 Å². The zero-order valence-electron chi connectivity index (χ0n) is 10.5. The minimum atomic E-state index is 0.0318. The molecule has 2 rings (SSSR count). The third-order valence-corrected chi connectivity index (χ3v) is 2.78. The summed E-state index contributed by atoms with van der Waals surface area (Å²) in [6, 6.07) is 13.8. The molecule has 1 N–H and O–H groups in total. The molecule has 0 saturated carbocycles. The van der Waals surface area contributed by atoms with Crippen molar-refractivity contribution in [3.05, 3.63) is 60.3 Å². The molecular formula is C16H17NO. The number of rotatable bonds is 5. The zero-order valence-corrected chi connectivity index (χ0v) is 10.5. The van der Waals surface area contributed by atoms with E-state index in [1.165, 1.54) is 0 Å². The van der Waals surface area contributed by atoms with Crippen molar-refractivity contribution in [2.45, 2.75) is 13.3 Å². The highest BCUT2D eigenvalue weighted by atomic mass is 16.1. The van der Waals surface area contributed by atoms with Gasteiger partial charge in [-0.3, -0.25) is 4.79 Å². The van der Waals surface area contributed by atoms with Crippen LogP contribution in [0.4, 0.5) is 0 Å². The van der Waals surface area contributed by atoms with Crippen LogP contribution in [0.5, 0.6) is 0 Å². The lowest BCUT2D eigenvalue weighted by Gasteiger charge is -2.00. The molecule has 0 amide bonds. The molecular weight excluding hydrogens is 222 g/mol. The number of hydrogen-bond acceptors (Lipinski definition) is 2. The Morgan fingerprint density at radius 3 is 2.72 bits per heavy atom. The molecule has 0 atom stereocenters. The predicted molar refractivity (Wildman–Crippen MR) is 75.7 cm³/mol. The van der Waals surface area contributed by atoms with Gasteiger partial charge in [-0.25, -0.2) is 0 Å². The minimum absolute atomic E-state index is 0.0318. The highest BCUT2D eigenvalue weighted by Gasteiger charge is 2.02. The maximum Gasteiger partial charge on any atom is 0.187 e. The van der Waals surface area contributed by atoms with Crippen LogP contribution >= 0.6 is 0 Å². The Hall–Kier alpha value is -2.09. The van der Waals surface area contributed by atoms with Crippen LogP contribution in [0, 0.1) is 0 Å². The minimum Gasteiger partial charge on any atom is -0.391 e. The number of nitrogens with one attached hydrogen (secondary N) is 1. The van der Waals surface area contributed by atoms with E-state index in [2.05, 4.69) is 12.2 Å². The Labute approximate surface area is 107 Å². The summed E-state index contributed by atoms with van der Waals surface area (Å²) in [5.41, 5.74) is 0.725. The quantitative estimate of drug-likeness (QED) is 0.491. The van der Waals surface area contributed by atoms with E-state index in [9.17, 15) is 4.79 Å². The third kappa shape index (κ3) is 2.98. The summed E-state index contributed by atoms with van der Waals surface area (Å²) < 4.78 is 0. The predicted octanol–water partition coefficient (Wildman–Crippen LogP) is 3.54. The Kier molecular flexibility index (Phi) is 4.13. The van der Waals surface area contributed by atoms with Gasteiger partial charge in [0.1, 0.15) is 0 Å². The SMILES string of the molecule is CCCN/C=C\C(=O)c1ccc2ccccc2c1. The first-order chi connectivity index (χ1) is 8.81. The first kappa shape index (κ1) is 12.4. The molecule has 2 nitrogen and oxygen atoms in total. The van der Waals surface area contributed by atoms with Gasteiger partial charge in [0, 0.05) is 24.4 Å². The molecule has 2 aromatic carbocycles. The summed E-state index contributed by atoms with van der Waals surface area (Å²) in [6.07, 6.45) is 4.36. The maximum absolute atomic E-state index is 11.9. The number of carbonyl (C=O) groups excluding carboxylic acids is 1. The molecule has 0 fully saturated rings. The molecule has 2 heteroatoms. The molecule has 92 valence electrons. The van der Waals surface area contributed by atoms with Crippen LogP contribution < -0.4 is 5.32 Å². The van der Waals surface area contributed by atoms with Crippen LogP contribution in [0.25, 0.3) is 10.8 Å². The monoisotopic (exact) mass is 239 g/mol. The molecule has 0 aliphatic heterocycles. The van der Waals surface area contributed by atoms with Crippen LogP contribution in [0.3, 0.4) is 0 Å². The van der Waals surface area contributed by atoms with Gasteiger partial charge in [0.25, 0.3) is 0 Å². The smallest absolute Gasteiger partial charge is 0.187 e. The highest BCUT2D eigenvalue weighted by molar-refractivity contribution is 6.06. The second-order valence-electron chi connectivity index (χ2n) is 4.21. The largest absolute Gasteiger partial charge is 0.391 e. The molecule has 0 spiro atoms. The van der Waals surface area contributed by atoms with Gasteiger partial charge in [0.2, 0.25) is 0 Å². The van der Waals surface area contributed by atoms with Gasteiger partial charge in [-0.2, -0.15) is 0 Å². The van der Waals surface area contributed by atoms with Crippen LogP contribution in [0.1, 0.15) is 23.7 Å². The van der Waals surface area contributed by atoms with Crippen molar-refractivity contribution in [2.75, 3.05) is 6.54 Å². The summed E-state index contributed by atoms with van der Waals surface area (Å²) in [7, 11) is 0.